The predicted octanol–water partition coefficient (Wildman–Crippen LogP) is 4.20. The molecule has 0 aromatic rings. The zero-order chi connectivity index (χ0) is 10.8. The van der Waals surface area contributed by atoms with Crippen LogP contribution in [0.15, 0.2) is 0 Å². The van der Waals surface area contributed by atoms with Crippen molar-refractivity contribution in [1.82, 2.24) is 0 Å². The number of rotatable bonds is 0. The maximum atomic E-state index is 11.4. The van der Waals surface area contributed by atoms with E-state index < -0.39 is 0 Å². The molecule has 0 N–H and O–H groups in total. The van der Waals surface area contributed by atoms with Gasteiger partial charge in [0.15, 0.2) is 0 Å². The zero-order valence-corrected chi connectivity index (χ0v) is 10.6. The number of carbonyl (C=O) groups excluding carboxylic acids is 1. The highest BCUT2D eigenvalue weighted by molar-refractivity contribution is 7.99. The maximum absolute atomic E-state index is 11.4. The molecule has 1 rings (SSSR count). The summed E-state index contributed by atoms with van der Waals surface area (Å²) < 4.78 is 0. The summed E-state index contributed by atoms with van der Waals surface area (Å²) in [7, 11) is 0. The van der Waals surface area contributed by atoms with Crippen LogP contribution >= 0.6 is 11.8 Å². The number of hydrogen-bond donors (Lipinski definition) is 0. The van der Waals surface area contributed by atoms with Crippen molar-refractivity contribution in [3.63, 3.8) is 0 Å². The third kappa shape index (κ3) is 7.89. The van der Waals surface area contributed by atoms with Crippen molar-refractivity contribution in [2.45, 2.75) is 64.2 Å². The molecule has 0 aromatic heterocycles. The molecule has 1 fully saturated rings. The highest BCUT2D eigenvalue weighted by Gasteiger charge is 2.02. The third-order valence-electron chi connectivity index (χ3n) is 2.99. The summed E-state index contributed by atoms with van der Waals surface area (Å²) >= 11 is 2.07. The first-order valence-corrected chi connectivity index (χ1v) is 7.64. The SMILES string of the molecule is O=C1CCCCCCCCSCCCC1. The highest BCUT2D eigenvalue weighted by Crippen LogP contribution is 2.14. The summed E-state index contributed by atoms with van der Waals surface area (Å²) in [6.45, 7) is 0. The van der Waals surface area contributed by atoms with Crippen LogP contribution < -0.4 is 0 Å². The van der Waals surface area contributed by atoms with E-state index in [0.717, 1.165) is 25.7 Å². The molecule has 0 spiro atoms. The lowest BCUT2D eigenvalue weighted by Gasteiger charge is -2.05. The van der Waals surface area contributed by atoms with E-state index in [1.54, 1.807) is 0 Å². The van der Waals surface area contributed by atoms with Gasteiger partial charge in [0.05, 0.1) is 0 Å². The molecule has 0 unspecified atom stereocenters. The van der Waals surface area contributed by atoms with Gasteiger partial charge in [-0.15, -0.1) is 0 Å². The molecule has 1 saturated heterocycles. The lowest BCUT2D eigenvalue weighted by atomic mass is 10.1. The number of carbonyl (C=O) groups is 1. The van der Waals surface area contributed by atoms with Gasteiger partial charge in [0, 0.05) is 12.8 Å². The molecule has 0 aromatic carbocycles. The maximum Gasteiger partial charge on any atom is 0.132 e. The van der Waals surface area contributed by atoms with Crippen LogP contribution in [0.3, 0.4) is 0 Å². The van der Waals surface area contributed by atoms with Crippen molar-refractivity contribution in [3.8, 4) is 0 Å². The minimum absolute atomic E-state index is 0.497. The monoisotopic (exact) mass is 228 g/mol. The third-order valence-corrected chi connectivity index (χ3v) is 4.14. The van der Waals surface area contributed by atoms with E-state index in [4.69, 9.17) is 0 Å². The molecule has 2 heteroatoms. The Labute approximate surface area is 98.4 Å². The minimum atomic E-state index is 0.497. The van der Waals surface area contributed by atoms with Crippen molar-refractivity contribution in [3.05, 3.63) is 0 Å². The van der Waals surface area contributed by atoms with E-state index in [2.05, 4.69) is 11.8 Å². The molecule has 1 nitrogen and oxygen atoms in total. The summed E-state index contributed by atoms with van der Waals surface area (Å²) in [6, 6.07) is 0. The fourth-order valence-corrected chi connectivity index (χ4v) is 3.01. The number of hydrogen-bond acceptors (Lipinski definition) is 2. The lowest BCUT2D eigenvalue weighted by molar-refractivity contribution is -0.119. The highest BCUT2D eigenvalue weighted by atomic mass is 32.2. The van der Waals surface area contributed by atoms with Gasteiger partial charge in [0.1, 0.15) is 5.78 Å². The molecule has 1 aliphatic rings. The molecule has 0 aliphatic carbocycles. The Hall–Kier alpha value is 0.0200. The smallest absolute Gasteiger partial charge is 0.132 e. The molecule has 0 bridgehead atoms. The van der Waals surface area contributed by atoms with Gasteiger partial charge < -0.3 is 0 Å². The van der Waals surface area contributed by atoms with E-state index in [0.29, 0.717) is 5.78 Å². The van der Waals surface area contributed by atoms with E-state index in [1.807, 2.05) is 0 Å². The summed E-state index contributed by atoms with van der Waals surface area (Å²) in [4.78, 5) is 11.4. The van der Waals surface area contributed by atoms with Crippen molar-refractivity contribution in [2.24, 2.45) is 0 Å². The van der Waals surface area contributed by atoms with Gasteiger partial charge in [0.2, 0.25) is 0 Å². The quantitative estimate of drug-likeness (QED) is 0.618. The Morgan fingerprint density at radius 3 is 1.87 bits per heavy atom. The van der Waals surface area contributed by atoms with Gasteiger partial charge in [-0.2, -0.15) is 11.8 Å². The van der Waals surface area contributed by atoms with Crippen LogP contribution in [0.2, 0.25) is 0 Å². The first-order chi connectivity index (χ1) is 7.39. The molecule has 0 atom stereocenters. The van der Waals surface area contributed by atoms with Crippen LogP contribution in [0.25, 0.3) is 0 Å². The van der Waals surface area contributed by atoms with Crippen LogP contribution in [0, 0.1) is 0 Å². The summed E-state index contributed by atoms with van der Waals surface area (Å²) in [5.74, 6) is 3.08. The van der Waals surface area contributed by atoms with Crippen molar-refractivity contribution < 1.29 is 4.79 Å². The Balaban J connectivity index is 2.13. The van der Waals surface area contributed by atoms with Crippen LogP contribution in [-0.2, 0) is 4.79 Å². The van der Waals surface area contributed by atoms with Gasteiger partial charge in [0.25, 0.3) is 0 Å². The molecule has 1 aliphatic heterocycles. The molecule has 1 heterocycles. The van der Waals surface area contributed by atoms with Gasteiger partial charge in [-0.3, -0.25) is 4.79 Å². The van der Waals surface area contributed by atoms with Crippen LogP contribution in [0.1, 0.15) is 64.2 Å². The summed E-state index contributed by atoms with van der Waals surface area (Å²) in [6.07, 6.45) is 11.9. The standard InChI is InChI=1S/C13H24OS/c14-13-9-5-3-1-2-4-7-11-15-12-8-6-10-13/h1-12H2. The molecule has 15 heavy (non-hydrogen) atoms. The second-order valence-electron chi connectivity index (χ2n) is 4.48. The number of Topliss-reactive ketones (excluding diaryl/α,β-unsaturated/α-hetero) is 1. The fourth-order valence-electron chi connectivity index (χ4n) is 1.99. The topological polar surface area (TPSA) is 17.1 Å². The molecule has 0 radical (unpaired) electrons. The molecule has 0 saturated carbocycles. The largest absolute Gasteiger partial charge is 0.300 e. The summed E-state index contributed by atoms with van der Waals surface area (Å²) in [5.41, 5.74) is 0. The Morgan fingerprint density at radius 1 is 0.667 bits per heavy atom. The second-order valence-corrected chi connectivity index (χ2v) is 5.70. The Kier molecular flexibility index (Phi) is 8.08. The number of ketones is 1. The van der Waals surface area contributed by atoms with Gasteiger partial charge in [-0.25, -0.2) is 0 Å². The van der Waals surface area contributed by atoms with Gasteiger partial charge in [-0.05, 0) is 37.2 Å². The van der Waals surface area contributed by atoms with E-state index in [1.165, 1.54) is 50.0 Å². The zero-order valence-electron chi connectivity index (χ0n) is 9.80. The average Bonchev–Trinajstić information content (AvgIpc) is 2.24. The Morgan fingerprint density at radius 2 is 1.13 bits per heavy atom. The number of thioether (sulfide) groups is 1. The van der Waals surface area contributed by atoms with E-state index in [-0.39, 0.29) is 0 Å². The average molecular weight is 228 g/mol. The van der Waals surface area contributed by atoms with Crippen LogP contribution in [0.5, 0.6) is 0 Å². The van der Waals surface area contributed by atoms with Crippen LogP contribution in [0.4, 0.5) is 0 Å². The van der Waals surface area contributed by atoms with Crippen LogP contribution in [-0.4, -0.2) is 17.3 Å². The summed E-state index contributed by atoms with van der Waals surface area (Å²) in [5, 5.41) is 0. The molecule has 88 valence electrons. The second kappa shape index (κ2) is 9.26. The van der Waals surface area contributed by atoms with E-state index in [9.17, 15) is 4.79 Å². The normalized spacial score (nSPS) is 23.3. The van der Waals surface area contributed by atoms with E-state index >= 15 is 0 Å². The molecule has 0 amide bonds. The van der Waals surface area contributed by atoms with Gasteiger partial charge >= 0.3 is 0 Å². The Bertz CT molecular complexity index is 152. The molecular formula is C13H24OS. The first-order valence-electron chi connectivity index (χ1n) is 6.49. The minimum Gasteiger partial charge on any atom is -0.300 e. The first kappa shape index (κ1) is 13.1. The van der Waals surface area contributed by atoms with Gasteiger partial charge in [-0.1, -0.05) is 25.7 Å². The fraction of sp³-hybridized carbons (Fsp3) is 0.923. The van der Waals surface area contributed by atoms with Crippen molar-refractivity contribution in [2.75, 3.05) is 11.5 Å². The lowest BCUT2D eigenvalue weighted by Crippen LogP contribution is -1.98. The van der Waals surface area contributed by atoms with Crippen molar-refractivity contribution >= 4 is 17.5 Å². The molecular weight excluding hydrogens is 204 g/mol. The van der Waals surface area contributed by atoms with Crippen molar-refractivity contribution in [1.29, 1.82) is 0 Å². The predicted molar refractivity (Wildman–Crippen MR) is 68.5 cm³/mol.